The molecule has 120 valence electrons. The SMILES string of the molecule is Cc1nccn1C[C@@H]1CCCN(S(=O)(=O)N(C)C(C)C)C1. The zero-order chi connectivity index (χ0) is 15.6. The molecule has 2 rings (SSSR count). The van der Waals surface area contributed by atoms with Crippen LogP contribution in [-0.2, 0) is 16.8 Å². The third-order valence-electron chi connectivity index (χ3n) is 4.28. The fourth-order valence-corrected chi connectivity index (χ4v) is 4.36. The average Bonchev–Trinajstić information content (AvgIpc) is 2.83. The molecular weight excluding hydrogens is 288 g/mol. The maximum absolute atomic E-state index is 12.6. The van der Waals surface area contributed by atoms with Crippen LogP contribution in [0.4, 0.5) is 0 Å². The van der Waals surface area contributed by atoms with E-state index in [-0.39, 0.29) is 6.04 Å². The maximum Gasteiger partial charge on any atom is 0.281 e. The van der Waals surface area contributed by atoms with Crippen LogP contribution in [0.5, 0.6) is 0 Å². The minimum atomic E-state index is -3.34. The maximum atomic E-state index is 12.6. The highest BCUT2D eigenvalue weighted by molar-refractivity contribution is 7.86. The van der Waals surface area contributed by atoms with Crippen molar-refractivity contribution in [2.75, 3.05) is 20.1 Å². The van der Waals surface area contributed by atoms with Crippen LogP contribution in [-0.4, -0.2) is 52.8 Å². The Morgan fingerprint density at radius 3 is 2.76 bits per heavy atom. The summed E-state index contributed by atoms with van der Waals surface area (Å²) in [4.78, 5) is 4.22. The molecule has 1 atom stereocenters. The predicted octanol–water partition coefficient (Wildman–Crippen LogP) is 1.49. The van der Waals surface area contributed by atoms with Crippen molar-refractivity contribution in [1.29, 1.82) is 0 Å². The minimum absolute atomic E-state index is 0.0220. The van der Waals surface area contributed by atoms with Gasteiger partial charge in [0.05, 0.1) is 0 Å². The van der Waals surface area contributed by atoms with Crippen molar-refractivity contribution in [3.05, 3.63) is 18.2 Å². The molecule has 7 heteroatoms. The summed E-state index contributed by atoms with van der Waals surface area (Å²) in [6.45, 7) is 7.82. The van der Waals surface area contributed by atoms with Gasteiger partial charge in [0.2, 0.25) is 0 Å². The van der Waals surface area contributed by atoms with E-state index in [2.05, 4.69) is 9.55 Å². The summed E-state index contributed by atoms with van der Waals surface area (Å²) in [5.41, 5.74) is 0. The smallest absolute Gasteiger partial charge is 0.281 e. The quantitative estimate of drug-likeness (QED) is 0.827. The fraction of sp³-hybridized carbons (Fsp3) is 0.786. The predicted molar refractivity (Wildman–Crippen MR) is 83.1 cm³/mol. The molecule has 0 amide bonds. The van der Waals surface area contributed by atoms with Crippen molar-refractivity contribution < 1.29 is 8.42 Å². The molecule has 0 unspecified atom stereocenters. The summed E-state index contributed by atoms with van der Waals surface area (Å²) in [6.07, 6.45) is 5.74. The van der Waals surface area contributed by atoms with Crippen molar-refractivity contribution in [3.63, 3.8) is 0 Å². The van der Waals surface area contributed by atoms with E-state index in [1.54, 1.807) is 17.5 Å². The van der Waals surface area contributed by atoms with Crippen molar-refractivity contribution in [2.24, 2.45) is 5.92 Å². The van der Waals surface area contributed by atoms with Crippen LogP contribution in [0.3, 0.4) is 0 Å². The van der Waals surface area contributed by atoms with Gasteiger partial charge in [-0.15, -0.1) is 0 Å². The van der Waals surface area contributed by atoms with Gasteiger partial charge < -0.3 is 4.57 Å². The van der Waals surface area contributed by atoms with Gasteiger partial charge in [0, 0.05) is 45.1 Å². The molecule has 0 aromatic carbocycles. The molecule has 0 bridgehead atoms. The Kier molecular flexibility index (Phi) is 5.06. The van der Waals surface area contributed by atoms with Crippen molar-refractivity contribution in [1.82, 2.24) is 18.2 Å². The number of nitrogens with zero attached hydrogens (tertiary/aromatic N) is 4. The first-order chi connectivity index (χ1) is 9.82. The second kappa shape index (κ2) is 6.46. The van der Waals surface area contributed by atoms with E-state index in [1.807, 2.05) is 27.0 Å². The first kappa shape index (κ1) is 16.5. The lowest BCUT2D eigenvalue weighted by Gasteiger charge is -2.35. The Morgan fingerprint density at radius 2 is 2.19 bits per heavy atom. The molecule has 1 aromatic heterocycles. The summed E-state index contributed by atoms with van der Waals surface area (Å²) in [5, 5.41) is 0. The molecule has 1 aliphatic heterocycles. The first-order valence-electron chi connectivity index (χ1n) is 7.53. The zero-order valence-corrected chi connectivity index (χ0v) is 14.2. The Bertz CT molecular complexity index is 567. The molecule has 1 aliphatic rings. The van der Waals surface area contributed by atoms with Gasteiger partial charge in [-0.3, -0.25) is 0 Å². The summed E-state index contributed by atoms with van der Waals surface area (Å²) in [7, 11) is -1.69. The molecule has 0 spiro atoms. The topological polar surface area (TPSA) is 58.4 Å². The molecule has 1 aromatic rings. The Morgan fingerprint density at radius 1 is 1.48 bits per heavy atom. The molecule has 1 fully saturated rings. The minimum Gasteiger partial charge on any atom is -0.335 e. The van der Waals surface area contributed by atoms with E-state index in [9.17, 15) is 8.42 Å². The molecule has 0 radical (unpaired) electrons. The second-order valence-corrected chi connectivity index (χ2v) is 8.10. The molecule has 6 nitrogen and oxygen atoms in total. The lowest BCUT2D eigenvalue weighted by atomic mass is 10.00. The number of aryl methyl sites for hydroxylation is 1. The van der Waals surface area contributed by atoms with Gasteiger partial charge in [0.1, 0.15) is 5.82 Å². The number of hydrogen-bond acceptors (Lipinski definition) is 3. The van der Waals surface area contributed by atoms with Gasteiger partial charge in [-0.05, 0) is 39.5 Å². The second-order valence-electron chi connectivity index (χ2n) is 6.11. The average molecular weight is 314 g/mol. The third-order valence-corrected chi connectivity index (χ3v) is 6.41. The third kappa shape index (κ3) is 3.64. The van der Waals surface area contributed by atoms with Gasteiger partial charge in [-0.25, -0.2) is 4.98 Å². The standard InChI is InChI=1S/C14H26N4O2S/c1-12(2)16(4)21(19,20)18-8-5-6-14(11-18)10-17-9-7-15-13(17)3/h7,9,12,14H,5-6,8,10-11H2,1-4H3/t14-/m0/s1. The highest BCUT2D eigenvalue weighted by atomic mass is 32.2. The molecule has 21 heavy (non-hydrogen) atoms. The zero-order valence-electron chi connectivity index (χ0n) is 13.4. The molecule has 0 N–H and O–H groups in total. The van der Waals surface area contributed by atoms with E-state index in [0.717, 1.165) is 25.2 Å². The highest BCUT2D eigenvalue weighted by Gasteiger charge is 2.33. The highest BCUT2D eigenvalue weighted by Crippen LogP contribution is 2.23. The molecule has 0 saturated carbocycles. The first-order valence-corrected chi connectivity index (χ1v) is 8.93. The summed E-state index contributed by atoms with van der Waals surface area (Å²) in [5.74, 6) is 1.33. The van der Waals surface area contributed by atoms with E-state index in [0.29, 0.717) is 19.0 Å². The molecule has 1 saturated heterocycles. The lowest BCUT2D eigenvalue weighted by Crippen LogP contribution is -2.49. The van der Waals surface area contributed by atoms with Crippen LogP contribution >= 0.6 is 0 Å². The van der Waals surface area contributed by atoms with Crippen LogP contribution in [0.1, 0.15) is 32.5 Å². The van der Waals surface area contributed by atoms with Crippen LogP contribution in [0.25, 0.3) is 0 Å². The molecule has 2 heterocycles. The summed E-state index contributed by atoms with van der Waals surface area (Å²) >= 11 is 0. The lowest BCUT2D eigenvalue weighted by molar-refractivity contribution is 0.228. The van der Waals surface area contributed by atoms with Gasteiger partial charge in [0.15, 0.2) is 0 Å². The van der Waals surface area contributed by atoms with E-state index in [4.69, 9.17) is 0 Å². The number of rotatable bonds is 5. The monoisotopic (exact) mass is 314 g/mol. The van der Waals surface area contributed by atoms with Crippen LogP contribution in [0.15, 0.2) is 12.4 Å². The largest absolute Gasteiger partial charge is 0.335 e. The Hall–Kier alpha value is -0.920. The Balaban J connectivity index is 2.05. The van der Waals surface area contributed by atoms with E-state index in [1.165, 1.54) is 4.31 Å². The number of piperidine rings is 1. The summed E-state index contributed by atoms with van der Waals surface area (Å²) < 4.78 is 30.3. The fourth-order valence-electron chi connectivity index (χ4n) is 2.71. The van der Waals surface area contributed by atoms with Crippen LogP contribution in [0, 0.1) is 12.8 Å². The number of imidazole rings is 1. The Labute approximate surface area is 127 Å². The normalized spacial score (nSPS) is 21.3. The van der Waals surface area contributed by atoms with Gasteiger partial charge in [0.25, 0.3) is 10.2 Å². The van der Waals surface area contributed by atoms with Crippen molar-refractivity contribution >= 4 is 10.2 Å². The summed E-state index contributed by atoms with van der Waals surface area (Å²) in [6, 6.07) is -0.0220. The van der Waals surface area contributed by atoms with Gasteiger partial charge in [-0.1, -0.05) is 0 Å². The van der Waals surface area contributed by atoms with Crippen LogP contribution in [0.2, 0.25) is 0 Å². The van der Waals surface area contributed by atoms with Crippen molar-refractivity contribution in [2.45, 2.75) is 46.2 Å². The van der Waals surface area contributed by atoms with Crippen LogP contribution < -0.4 is 0 Å². The molecular formula is C14H26N4O2S. The van der Waals surface area contributed by atoms with Gasteiger partial charge >= 0.3 is 0 Å². The van der Waals surface area contributed by atoms with E-state index >= 15 is 0 Å². The number of aromatic nitrogens is 2. The van der Waals surface area contributed by atoms with Crippen molar-refractivity contribution in [3.8, 4) is 0 Å². The van der Waals surface area contributed by atoms with Gasteiger partial charge in [-0.2, -0.15) is 17.0 Å². The molecule has 0 aliphatic carbocycles. The van der Waals surface area contributed by atoms with E-state index < -0.39 is 10.2 Å². The number of hydrogen-bond donors (Lipinski definition) is 0.